The Kier molecular flexibility index (Phi) is 4.98. The van der Waals surface area contributed by atoms with Crippen LogP contribution in [0, 0.1) is 0 Å². The highest BCUT2D eigenvalue weighted by molar-refractivity contribution is 6.04. The second-order valence-electron chi connectivity index (χ2n) is 5.95. The molecule has 2 aromatic carbocycles. The fourth-order valence-corrected chi connectivity index (χ4v) is 3.30. The summed E-state index contributed by atoms with van der Waals surface area (Å²) in [6.45, 7) is 0. The standard InChI is InChI=1S/C21H20O4/c1-24-20(22)12-18-16-9-5-3-7-14(16)11-15-8-4-6-10-17(15)19(18)13-21(23)25-2/h3-10H,11-13H2,1-2H3. The summed E-state index contributed by atoms with van der Waals surface area (Å²) in [6, 6.07) is 16.0. The Morgan fingerprint density at radius 3 is 1.56 bits per heavy atom. The Morgan fingerprint density at radius 2 is 1.16 bits per heavy atom. The number of carbonyl (C=O) groups excluding carboxylic acids is 2. The van der Waals surface area contributed by atoms with Crippen LogP contribution in [0.1, 0.15) is 35.1 Å². The van der Waals surface area contributed by atoms with E-state index in [1.807, 2.05) is 36.4 Å². The number of carbonyl (C=O) groups is 2. The molecule has 0 spiro atoms. The van der Waals surface area contributed by atoms with E-state index in [0.29, 0.717) is 0 Å². The molecule has 0 N–H and O–H groups in total. The van der Waals surface area contributed by atoms with Crippen LogP contribution in [0.3, 0.4) is 0 Å². The highest BCUT2D eigenvalue weighted by Gasteiger charge is 2.24. The number of fused-ring (bicyclic) bond motifs is 2. The number of hydrogen-bond acceptors (Lipinski definition) is 4. The van der Waals surface area contributed by atoms with E-state index in [4.69, 9.17) is 9.47 Å². The summed E-state index contributed by atoms with van der Waals surface area (Å²) in [5, 5.41) is 0. The molecule has 25 heavy (non-hydrogen) atoms. The number of ether oxygens (including phenoxy) is 2. The van der Waals surface area contributed by atoms with Gasteiger partial charge in [0.1, 0.15) is 0 Å². The van der Waals surface area contributed by atoms with Gasteiger partial charge in [-0.05, 0) is 39.8 Å². The van der Waals surface area contributed by atoms with Gasteiger partial charge in [0.05, 0.1) is 27.1 Å². The zero-order chi connectivity index (χ0) is 17.8. The first kappa shape index (κ1) is 17.0. The van der Waals surface area contributed by atoms with Gasteiger partial charge in [-0.2, -0.15) is 0 Å². The van der Waals surface area contributed by atoms with E-state index in [0.717, 1.165) is 39.8 Å². The van der Waals surface area contributed by atoms with Crippen LogP contribution in [0.2, 0.25) is 0 Å². The topological polar surface area (TPSA) is 52.6 Å². The van der Waals surface area contributed by atoms with Crippen LogP contribution in [0.15, 0.2) is 48.5 Å². The van der Waals surface area contributed by atoms with Crippen molar-refractivity contribution in [3.8, 4) is 0 Å². The van der Waals surface area contributed by atoms with E-state index in [-0.39, 0.29) is 24.8 Å². The van der Waals surface area contributed by atoms with E-state index in [2.05, 4.69) is 12.1 Å². The van der Waals surface area contributed by atoms with Gasteiger partial charge in [0.15, 0.2) is 0 Å². The zero-order valence-electron chi connectivity index (χ0n) is 14.4. The zero-order valence-corrected chi connectivity index (χ0v) is 14.4. The highest BCUT2D eigenvalue weighted by Crippen LogP contribution is 2.39. The quantitative estimate of drug-likeness (QED) is 0.800. The summed E-state index contributed by atoms with van der Waals surface area (Å²) in [6.07, 6.45) is 0.990. The van der Waals surface area contributed by atoms with Crippen LogP contribution in [0.4, 0.5) is 0 Å². The Labute approximate surface area is 147 Å². The number of benzene rings is 2. The van der Waals surface area contributed by atoms with Crippen LogP contribution < -0.4 is 0 Å². The second-order valence-corrected chi connectivity index (χ2v) is 5.95. The van der Waals surface area contributed by atoms with Crippen LogP contribution >= 0.6 is 0 Å². The van der Waals surface area contributed by atoms with Gasteiger partial charge in [0.2, 0.25) is 0 Å². The Balaban J connectivity index is 2.27. The fraction of sp³-hybridized carbons (Fsp3) is 0.238. The molecular formula is C21H20O4. The summed E-state index contributed by atoms with van der Waals surface area (Å²) in [7, 11) is 2.75. The molecule has 128 valence electrons. The van der Waals surface area contributed by atoms with E-state index in [9.17, 15) is 9.59 Å². The number of rotatable bonds is 4. The molecule has 0 bridgehead atoms. The van der Waals surface area contributed by atoms with Crippen LogP contribution in [0.25, 0.3) is 11.1 Å². The third kappa shape index (κ3) is 3.48. The lowest BCUT2D eigenvalue weighted by atomic mass is 9.90. The van der Waals surface area contributed by atoms with Crippen LogP contribution in [-0.2, 0) is 25.5 Å². The molecule has 4 heteroatoms. The molecule has 0 atom stereocenters. The van der Waals surface area contributed by atoms with Gasteiger partial charge in [-0.3, -0.25) is 9.59 Å². The van der Waals surface area contributed by atoms with E-state index >= 15 is 0 Å². The molecule has 0 heterocycles. The first-order valence-corrected chi connectivity index (χ1v) is 8.16. The molecule has 0 amide bonds. The molecule has 0 saturated heterocycles. The summed E-state index contributed by atoms with van der Waals surface area (Å²) >= 11 is 0. The average molecular weight is 336 g/mol. The van der Waals surface area contributed by atoms with Crippen LogP contribution in [-0.4, -0.2) is 26.2 Å². The van der Waals surface area contributed by atoms with Crippen molar-refractivity contribution in [2.45, 2.75) is 19.3 Å². The number of methoxy groups -OCH3 is 2. The van der Waals surface area contributed by atoms with Crippen molar-refractivity contribution in [3.05, 3.63) is 70.8 Å². The Hall–Kier alpha value is -2.88. The van der Waals surface area contributed by atoms with Gasteiger partial charge in [-0.1, -0.05) is 48.5 Å². The Morgan fingerprint density at radius 1 is 0.760 bits per heavy atom. The molecule has 3 rings (SSSR count). The molecule has 2 aromatic rings. The molecule has 1 aliphatic rings. The van der Waals surface area contributed by atoms with Crippen molar-refractivity contribution in [1.29, 1.82) is 0 Å². The van der Waals surface area contributed by atoms with Gasteiger partial charge in [-0.15, -0.1) is 0 Å². The molecular weight excluding hydrogens is 316 g/mol. The third-order valence-corrected chi connectivity index (χ3v) is 4.53. The highest BCUT2D eigenvalue weighted by atomic mass is 16.5. The van der Waals surface area contributed by atoms with Gasteiger partial charge in [0, 0.05) is 0 Å². The molecule has 0 fully saturated rings. The lowest BCUT2D eigenvalue weighted by molar-refractivity contribution is -0.140. The van der Waals surface area contributed by atoms with Crippen molar-refractivity contribution < 1.29 is 19.1 Å². The predicted molar refractivity (Wildman–Crippen MR) is 95.8 cm³/mol. The summed E-state index contributed by atoms with van der Waals surface area (Å²) in [4.78, 5) is 24.1. The van der Waals surface area contributed by atoms with Gasteiger partial charge < -0.3 is 9.47 Å². The molecule has 1 aliphatic carbocycles. The van der Waals surface area contributed by atoms with Crippen molar-refractivity contribution in [1.82, 2.24) is 0 Å². The first-order valence-electron chi connectivity index (χ1n) is 8.16. The predicted octanol–water partition coefficient (Wildman–Crippen LogP) is 3.63. The molecule has 0 unspecified atom stereocenters. The monoisotopic (exact) mass is 336 g/mol. The summed E-state index contributed by atoms with van der Waals surface area (Å²) in [5.74, 6) is -0.655. The molecule has 0 saturated carbocycles. The normalized spacial score (nSPS) is 12.7. The smallest absolute Gasteiger partial charge is 0.310 e. The van der Waals surface area contributed by atoms with E-state index in [1.54, 1.807) is 0 Å². The maximum absolute atomic E-state index is 12.0. The minimum Gasteiger partial charge on any atom is -0.469 e. The van der Waals surface area contributed by atoms with Gasteiger partial charge in [0.25, 0.3) is 0 Å². The number of hydrogen-bond donors (Lipinski definition) is 0. The van der Waals surface area contributed by atoms with Crippen LogP contribution in [0.5, 0.6) is 0 Å². The minimum atomic E-state index is -0.327. The second kappa shape index (κ2) is 7.34. The van der Waals surface area contributed by atoms with Crippen molar-refractivity contribution in [2.24, 2.45) is 0 Å². The van der Waals surface area contributed by atoms with E-state index < -0.39 is 0 Å². The van der Waals surface area contributed by atoms with Crippen molar-refractivity contribution in [2.75, 3.05) is 14.2 Å². The molecule has 0 aliphatic heterocycles. The maximum Gasteiger partial charge on any atom is 0.310 e. The third-order valence-electron chi connectivity index (χ3n) is 4.53. The van der Waals surface area contributed by atoms with Crippen molar-refractivity contribution in [3.63, 3.8) is 0 Å². The fourth-order valence-electron chi connectivity index (χ4n) is 3.30. The maximum atomic E-state index is 12.0. The molecule has 0 radical (unpaired) electrons. The first-order chi connectivity index (χ1) is 12.1. The number of esters is 2. The SMILES string of the molecule is COC(=O)CC1=C(CC(=O)OC)c2ccccc2Cc2ccccc21. The van der Waals surface area contributed by atoms with E-state index in [1.165, 1.54) is 14.2 Å². The lowest BCUT2D eigenvalue weighted by Gasteiger charge is -2.15. The largest absolute Gasteiger partial charge is 0.469 e. The molecule has 4 nitrogen and oxygen atoms in total. The summed E-state index contributed by atoms with van der Waals surface area (Å²) in [5.41, 5.74) is 5.91. The minimum absolute atomic E-state index is 0.119. The summed E-state index contributed by atoms with van der Waals surface area (Å²) < 4.78 is 9.77. The Bertz CT molecular complexity index is 779. The molecule has 0 aromatic heterocycles. The van der Waals surface area contributed by atoms with Gasteiger partial charge in [-0.25, -0.2) is 0 Å². The average Bonchev–Trinajstić information content (AvgIpc) is 2.77. The van der Waals surface area contributed by atoms with Gasteiger partial charge >= 0.3 is 11.9 Å². The van der Waals surface area contributed by atoms with Crippen molar-refractivity contribution >= 4 is 23.1 Å². The lowest BCUT2D eigenvalue weighted by Crippen LogP contribution is -2.07.